The summed E-state index contributed by atoms with van der Waals surface area (Å²) >= 11 is 3.38. The van der Waals surface area contributed by atoms with Gasteiger partial charge in [-0.1, -0.05) is 0 Å². The number of hydrogen-bond donors (Lipinski definition) is 2. The second-order valence-corrected chi connectivity index (χ2v) is 7.18. The summed E-state index contributed by atoms with van der Waals surface area (Å²) in [5.41, 5.74) is 0.470. The Labute approximate surface area is 122 Å². The fraction of sp³-hybridized carbons (Fsp3) is 0.692. The maximum absolute atomic E-state index is 11.6. The number of aliphatic hydroxyl groups is 1. The first-order chi connectivity index (χ1) is 9.07. The molecular formula is C13H20N2O2S2. The standard InChI is InChI=1S/C13H20N2O2S2/c1-10-15-11(8-19-10)7-18-6-3-12(16)14-9-13(17)4-2-5-13/h8,17H,2-7,9H2,1H3,(H,14,16). The fourth-order valence-corrected chi connectivity index (χ4v) is 3.48. The van der Waals surface area contributed by atoms with Crippen molar-refractivity contribution in [2.45, 2.75) is 44.0 Å². The van der Waals surface area contributed by atoms with E-state index in [2.05, 4.69) is 15.7 Å². The van der Waals surface area contributed by atoms with Gasteiger partial charge < -0.3 is 10.4 Å². The topological polar surface area (TPSA) is 62.2 Å². The lowest BCUT2D eigenvalue weighted by atomic mass is 9.80. The predicted octanol–water partition coefficient (Wildman–Crippen LogP) is 2.11. The highest BCUT2D eigenvalue weighted by molar-refractivity contribution is 7.98. The van der Waals surface area contributed by atoms with Gasteiger partial charge in [-0.25, -0.2) is 4.98 Å². The van der Waals surface area contributed by atoms with Crippen molar-refractivity contribution < 1.29 is 9.90 Å². The van der Waals surface area contributed by atoms with Crippen LogP contribution in [-0.4, -0.2) is 33.9 Å². The van der Waals surface area contributed by atoms with E-state index in [1.165, 1.54) is 0 Å². The number of nitrogens with one attached hydrogen (secondary N) is 1. The molecule has 1 saturated carbocycles. The van der Waals surface area contributed by atoms with E-state index in [9.17, 15) is 9.90 Å². The summed E-state index contributed by atoms with van der Waals surface area (Å²) < 4.78 is 0. The van der Waals surface area contributed by atoms with Gasteiger partial charge in [0.05, 0.1) is 16.3 Å². The van der Waals surface area contributed by atoms with E-state index in [0.717, 1.165) is 41.5 Å². The van der Waals surface area contributed by atoms with E-state index in [-0.39, 0.29) is 5.91 Å². The summed E-state index contributed by atoms with van der Waals surface area (Å²) in [7, 11) is 0. The lowest BCUT2D eigenvalue weighted by Gasteiger charge is -2.36. The summed E-state index contributed by atoms with van der Waals surface area (Å²) in [6, 6.07) is 0. The summed E-state index contributed by atoms with van der Waals surface area (Å²) in [5.74, 6) is 1.69. The summed E-state index contributed by atoms with van der Waals surface area (Å²) in [5, 5.41) is 15.8. The van der Waals surface area contributed by atoms with Crippen LogP contribution in [0.15, 0.2) is 5.38 Å². The minimum absolute atomic E-state index is 0.0299. The maximum atomic E-state index is 11.6. The first kappa shape index (κ1) is 14.8. The van der Waals surface area contributed by atoms with Gasteiger partial charge in [0.25, 0.3) is 0 Å². The second-order valence-electron chi connectivity index (χ2n) is 5.02. The van der Waals surface area contributed by atoms with E-state index < -0.39 is 5.60 Å². The quantitative estimate of drug-likeness (QED) is 0.757. The van der Waals surface area contributed by atoms with Gasteiger partial charge in [0, 0.05) is 29.9 Å². The number of aromatic nitrogens is 1. The SMILES string of the molecule is Cc1nc(CSCCC(=O)NCC2(O)CCC2)cs1. The Kier molecular flexibility index (Phi) is 5.24. The summed E-state index contributed by atoms with van der Waals surface area (Å²) in [6.07, 6.45) is 3.19. The molecule has 0 saturated heterocycles. The van der Waals surface area contributed by atoms with Crippen molar-refractivity contribution in [3.05, 3.63) is 16.1 Å². The molecule has 1 aliphatic rings. The number of hydrogen-bond acceptors (Lipinski definition) is 5. The monoisotopic (exact) mass is 300 g/mol. The van der Waals surface area contributed by atoms with Crippen molar-refractivity contribution in [2.24, 2.45) is 0 Å². The molecule has 0 aliphatic heterocycles. The van der Waals surface area contributed by atoms with E-state index in [4.69, 9.17) is 0 Å². The van der Waals surface area contributed by atoms with Gasteiger partial charge in [-0.15, -0.1) is 11.3 Å². The third kappa shape index (κ3) is 4.78. The molecule has 1 aliphatic carbocycles. The van der Waals surface area contributed by atoms with E-state index in [1.54, 1.807) is 23.1 Å². The minimum Gasteiger partial charge on any atom is -0.388 e. The highest BCUT2D eigenvalue weighted by atomic mass is 32.2. The third-order valence-electron chi connectivity index (χ3n) is 3.29. The molecule has 0 atom stereocenters. The van der Waals surface area contributed by atoms with Crippen molar-refractivity contribution in [1.82, 2.24) is 10.3 Å². The molecule has 1 aromatic rings. The Bertz CT molecular complexity index is 430. The molecule has 0 radical (unpaired) electrons. The normalized spacial score (nSPS) is 16.9. The Hall–Kier alpha value is -0.590. The van der Waals surface area contributed by atoms with Crippen LogP contribution in [0.5, 0.6) is 0 Å². The number of amides is 1. The van der Waals surface area contributed by atoms with Crippen molar-refractivity contribution in [3.8, 4) is 0 Å². The maximum Gasteiger partial charge on any atom is 0.220 e. The zero-order valence-corrected chi connectivity index (χ0v) is 12.8. The molecule has 106 valence electrons. The highest BCUT2D eigenvalue weighted by Crippen LogP contribution is 2.30. The lowest BCUT2D eigenvalue weighted by Crippen LogP contribution is -2.47. The molecule has 1 aromatic heterocycles. The first-order valence-corrected chi connectivity index (χ1v) is 8.59. The zero-order valence-electron chi connectivity index (χ0n) is 11.1. The fourth-order valence-electron chi connectivity index (χ4n) is 1.93. The van der Waals surface area contributed by atoms with Crippen LogP contribution in [-0.2, 0) is 10.5 Å². The number of thioether (sulfide) groups is 1. The lowest BCUT2D eigenvalue weighted by molar-refractivity contribution is -0.123. The second kappa shape index (κ2) is 6.72. The molecule has 1 fully saturated rings. The zero-order chi connectivity index (χ0) is 13.7. The van der Waals surface area contributed by atoms with Gasteiger partial charge in [0.1, 0.15) is 0 Å². The molecule has 0 bridgehead atoms. The first-order valence-electron chi connectivity index (χ1n) is 6.55. The number of carbonyl (C=O) groups is 1. The minimum atomic E-state index is -0.624. The van der Waals surface area contributed by atoms with Gasteiger partial charge in [0.15, 0.2) is 0 Å². The molecule has 2 rings (SSSR count). The van der Waals surface area contributed by atoms with E-state index in [1.807, 2.05) is 6.92 Å². The molecule has 4 nitrogen and oxygen atoms in total. The van der Waals surface area contributed by atoms with Crippen molar-refractivity contribution in [2.75, 3.05) is 12.3 Å². The summed E-state index contributed by atoms with van der Waals surface area (Å²) in [6.45, 7) is 2.40. The van der Waals surface area contributed by atoms with Crippen LogP contribution >= 0.6 is 23.1 Å². The average Bonchev–Trinajstić information content (AvgIpc) is 2.75. The van der Waals surface area contributed by atoms with Gasteiger partial charge in [-0.3, -0.25) is 4.79 Å². The Balaban J connectivity index is 1.54. The van der Waals surface area contributed by atoms with Crippen LogP contribution in [0.2, 0.25) is 0 Å². The Morgan fingerprint density at radius 2 is 2.42 bits per heavy atom. The van der Waals surface area contributed by atoms with Crippen LogP contribution in [0, 0.1) is 6.92 Å². The number of rotatable bonds is 7. The highest BCUT2D eigenvalue weighted by Gasteiger charge is 2.34. The van der Waals surface area contributed by atoms with Crippen LogP contribution < -0.4 is 5.32 Å². The van der Waals surface area contributed by atoms with Gasteiger partial charge in [-0.05, 0) is 26.2 Å². The van der Waals surface area contributed by atoms with Crippen LogP contribution in [0.1, 0.15) is 36.4 Å². The number of aryl methyl sites for hydroxylation is 1. The van der Waals surface area contributed by atoms with E-state index >= 15 is 0 Å². The molecule has 0 aromatic carbocycles. The van der Waals surface area contributed by atoms with Crippen molar-refractivity contribution >= 4 is 29.0 Å². The van der Waals surface area contributed by atoms with Gasteiger partial charge >= 0.3 is 0 Å². The van der Waals surface area contributed by atoms with Crippen molar-refractivity contribution in [1.29, 1.82) is 0 Å². The molecular weight excluding hydrogens is 280 g/mol. The molecule has 19 heavy (non-hydrogen) atoms. The largest absolute Gasteiger partial charge is 0.388 e. The predicted molar refractivity (Wildman–Crippen MR) is 79.4 cm³/mol. The molecule has 1 amide bonds. The Morgan fingerprint density at radius 1 is 1.63 bits per heavy atom. The van der Waals surface area contributed by atoms with Crippen molar-refractivity contribution in [3.63, 3.8) is 0 Å². The molecule has 0 unspecified atom stereocenters. The van der Waals surface area contributed by atoms with Gasteiger partial charge in [-0.2, -0.15) is 11.8 Å². The third-order valence-corrected chi connectivity index (χ3v) is 5.10. The number of nitrogens with zero attached hydrogens (tertiary/aromatic N) is 1. The Morgan fingerprint density at radius 3 is 3.00 bits per heavy atom. The number of thiazole rings is 1. The molecule has 0 spiro atoms. The van der Waals surface area contributed by atoms with Crippen LogP contribution in [0.4, 0.5) is 0 Å². The van der Waals surface area contributed by atoms with Crippen LogP contribution in [0.25, 0.3) is 0 Å². The summed E-state index contributed by atoms with van der Waals surface area (Å²) in [4.78, 5) is 16.0. The molecule has 6 heteroatoms. The smallest absolute Gasteiger partial charge is 0.220 e. The molecule has 2 N–H and O–H groups in total. The number of carbonyl (C=O) groups excluding carboxylic acids is 1. The van der Waals surface area contributed by atoms with Crippen LogP contribution in [0.3, 0.4) is 0 Å². The average molecular weight is 300 g/mol. The van der Waals surface area contributed by atoms with E-state index in [0.29, 0.717) is 13.0 Å². The molecule has 1 heterocycles. The van der Waals surface area contributed by atoms with Gasteiger partial charge in [0.2, 0.25) is 5.91 Å².